The van der Waals surface area contributed by atoms with Crippen LogP contribution in [0.4, 0.5) is 4.39 Å². The van der Waals surface area contributed by atoms with Gasteiger partial charge in [0.25, 0.3) is 0 Å². The first kappa shape index (κ1) is 20.3. The van der Waals surface area contributed by atoms with Gasteiger partial charge >= 0.3 is 0 Å². The van der Waals surface area contributed by atoms with Crippen molar-refractivity contribution in [3.63, 3.8) is 0 Å². The molecule has 1 fully saturated rings. The van der Waals surface area contributed by atoms with E-state index in [1.165, 1.54) is 6.08 Å². The Labute approximate surface area is 175 Å². The number of halogens is 1. The largest absolute Gasteiger partial charge is 0.446 e. The van der Waals surface area contributed by atoms with Gasteiger partial charge in [-0.1, -0.05) is 48.6 Å². The summed E-state index contributed by atoms with van der Waals surface area (Å²) >= 11 is 0. The third kappa shape index (κ3) is 4.60. The molecule has 1 aliphatic heterocycles. The highest BCUT2D eigenvalue weighted by Gasteiger charge is 2.34. The van der Waals surface area contributed by atoms with Gasteiger partial charge in [0.15, 0.2) is 0 Å². The molecule has 4 rings (SSSR count). The van der Waals surface area contributed by atoms with E-state index in [1.807, 2.05) is 36.4 Å². The molecule has 30 heavy (non-hydrogen) atoms. The number of aromatic nitrogens is 1. The Balaban J connectivity index is 1.41. The van der Waals surface area contributed by atoms with Crippen LogP contribution < -0.4 is 5.73 Å². The summed E-state index contributed by atoms with van der Waals surface area (Å²) in [5.41, 5.74) is 8.49. The van der Waals surface area contributed by atoms with Crippen LogP contribution in [0.2, 0.25) is 0 Å². The Morgan fingerprint density at radius 1 is 1.27 bits per heavy atom. The van der Waals surface area contributed by atoms with Gasteiger partial charge in [-0.25, -0.2) is 9.37 Å². The summed E-state index contributed by atoms with van der Waals surface area (Å²) in [5, 5.41) is 0. The first-order valence-corrected chi connectivity index (χ1v) is 10.4. The third-order valence-electron chi connectivity index (χ3n) is 5.53. The fraction of sp³-hybridized carbons (Fsp3) is 0.333. The van der Waals surface area contributed by atoms with Crippen LogP contribution >= 0.6 is 0 Å². The molecule has 2 atom stereocenters. The maximum absolute atomic E-state index is 14.1. The van der Waals surface area contributed by atoms with Crippen LogP contribution in [0.15, 0.2) is 76.7 Å². The lowest BCUT2D eigenvalue weighted by molar-refractivity contribution is -0.132. The van der Waals surface area contributed by atoms with Gasteiger partial charge in [-0.2, -0.15) is 0 Å². The van der Waals surface area contributed by atoms with Crippen molar-refractivity contribution in [3.05, 3.63) is 78.2 Å². The van der Waals surface area contributed by atoms with Gasteiger partial charge < -0.3 is 15.1 Å². The predicted octanol–water partition coefficient (Wildman–Crippen LogP) is 4.85. The number of hydrogen-bond acceptors (Lipinski definition) is 4. The van der Waals surface area contributed by atoms with Crippen LogP contribution in [-0.4, -0.2) is 28.4 Å². The second-order valence-corrected chi connectivity index (χ2v) is 7.76. The van der Waals surface area contributed by atoms with Gasteiger partial charge in [0.1, 0.15) is 23.8 Å². The Morgan fingerprint density at radius 2 is 2.07 bits per heavy atom. The molecule has 0 saturated carbocycles. The molecule has 1 unspecified atom stereocenters. The molecule has 1 amide bonds. The predicted molar refractivity (Wildman–Crippen MR) is 114 cm³/mol. The first-order chi connectivity index (χ1) is 14.6. The molecular weight excluding hydrogens is 381 g/mol. The molecule has 1 aliphatic carbocycles. The van der Waals surface area contributed by atoms with Gasteiger partial charge in [0, 0.05) is 24.6 Å². The number of allylic oxidation sites excluding steroid dienone is 5. The minimum atomic E-state index is -0.444. The number of rotatable bonds is 6. The molecule has 2 aromatic rings. The Bertz CT molecular complexity index is 977. The van der Waals surface area contributed by atoms with Crippen molar-refractivity contribution in [3.8, 4) is 11.3 Å². The molecule has 0 radical (unpaired) electrons. The number of nitrogens with two attached hydrogens (primary N) is 1. The Hall–Kier alpha value is -2.99. The van der Waals surface area contributed by atoms with Gasteiger partial charge in [-0.15, -0.1) is 0 Å². The van der Waals surface area contributed by atoms with Crippen molar-refractivity contribution >= 4 is 5.91 Å². The van der Waals surface area contributed by atoms with Crippen LogP contribution in [-0.2, 0) is 4.79 Å². The van der Waals surface area contributed by atoms with Crippen molar-refractivity contribution in [1.82, 2.24) is 9.88 Å². The third-order valence-corrected chi connectivity index (χ3v) is 5.53. The number of carbonyl (C=O) groups excluding carboxylic acids is 1. The monoisotopic (exact) mass is 407 g/mol. The maximum atomic E-state index is 14.1. The maximum Gasteiger partial charge on any atom is 0.224 e. The minimum absolute atomic E-state index is 0.0430. The second-order valence-electron chi connectivity index (χ2n) is 7.76. The summed E-state index contributed by atoms with van der Waals surface area (Å²) < 4.78 is 19.8. The lowest BCUT2D eigenvalue weighted by Gasteiger charge is -2.24. The summed E-state index contributed by atoms with van der Waals surface area (Å²) in [6.45, 7) is 0.652. The average molecular weight is 407 g/mol. The zero-order valence-electron chi connectivity index (χ0n) is 16.8. The molecule has 1 aromatic carbocycles. The summed E-state index contributed by atoms with van der Waals surface area (Å²) in [6, 6.07) is 9.18. The Morgan fingerprint density at radius 3 is 2.90 bits per heavy atom. The van der Waals surface area contributed by atoms with Crippen molar-refractivity contribution in [2.75, 3.05) is 6.54 Å². The quantitative estimate of drug-likeness (QED) is 0.743. The lowest BCUT2D eigenvalue weighted by Crippen LogP contribution is -2.35. The van der Waals surface area contributed by atoms with Crippen molar-refractivity contribution in [2.24, 2.45) is 5.73 Å². The van der Waals surface area contributed by atoms with Crippen LogP contribution in [0, 0.1) is 0 Å². The van der Waals surface area contributed by atoms with E-state index >= 15 is 0 Å². The fourth-order valence-corrected chi connectivity index (χ4v) is 4.01. The summed E-state index contributed by atoms with van der Waals surface area (Å²) in [4.78, 5) is 19.4. The number of nitrogens with zero attached hydrogens (tertiary/aromatic N) is 2. The molecule has 1 aromatic heterocycles. The standard InChI is InChI=1S/C24H26FN3O2/c25-20-11-6-2-5-10-18(20)14-19(26)15-23(29)28-13-7-12-22(28)24-27-21(16-30-24)17-8-3-1-4-9-17/h1,3-6,8-11,16,19,22H,2,7,12-15,26H2/t19?,22-/m0/s1. The van der Waals surface area contributed by atoms with E-state index in [-0.39, 0.29) is 24.2 Å². The van der Waals surface area contributed by atoms with E-state index in [1.54, 1.807) is 23.3 Å². The number of amides is 1. The van der Waals surface area contributed by atoms with Crippen molar-refractivity contribution < 1.29 is 13.6 Å². The zero-order valence-corrected chi connectivity index (χ0v) is 16.8. The van der Waals surface area contributed by atoms with Gasteiger partial charge in [0.2, 0.25) is 11.8 Å². The molecule has 1 saturated heterocycles. The highest BCUT2D eigenvalue weighted by molar-refractivity contribution is 5.77. The molecule has 156 valence electrons. The van der Waals surface area contributed by atoms with Gasteiger partial charge in [-0.3, -0.25) is 4.79 Å². The second kappa shape index (κ2) is 9.22. The highest BCUT2D eigenvalue weighted by atomic mass is 19.1. The number of likely N-dealkylation sites (tertiary alicyclic amines) is 1. The summed E-state index contributed by atoms with van der Waals surface area (Å²) in [7, 11) is 0. The van der Waals surface area contributed by atoms with Crippen LogP contribution in [0.25, 0.3) is 11.3 Å². The number of oxazole rings is 1. The van der Waals surface area contributed by atoms with E-state index in [0.29, 0.717) is 30.9 Å². The molecule has 2 aliphatic rings. The fourth-order valence-electron chi connectivity index (χ4n) is 4.01. The zero-order chi connectivity index (χ0) is 20.9. The minimum Gasteiger partial charge on any atom is -0.446 e. The smallest absolute Gasteiger partial charge is 0.224 e. The highest BCUT2D eigenvalue weighted by Crippen LogP contribution is 2.33. The number of benzene rings is 1. The summed E-state index contributed by atoms with van der Waals surface area (Å²) in [6.07, 6.45) is 11.4. The molecule has 6 heteroatoms. The van der Waals surface area contributed by atoms with E-state index < -0.39 is 6.04 Å². The molecule has 2 N–H and O–H groups in total. The molecular formula is C24H26FN3O2. The van der Waals surface area contributed by atoms with E-state index in [2.05, 4.69) is 4.98 Å². The normalized spacial score (nSPS) is 19.9. The molecule has 0 bridgehead atoms. The van der Waals surface area contributed by atoms with Gasteiger partial charge in [-0.05, 0) is 37.3 Å². The van der Waals surface area contributed by atoms with Crippen molar-refractivity contribution in [1.29, 1.82) is 0 Å². The van der Waals surface area contributed by atoms with Crippen LogP contribution in [0.1, 0.15) is 44.0 Å². The number of hydrogen-bond donors (Lipinski definition) is 1. The average Bonchev–Trinajstić information content (AvgIpc) is 3.38. The molecule has 0 spiro atoms. The number of carbonyl (C=O) groups is 1. The first-order valence-electron chi connectivity index (χ1n) is 10.4. The van der Waals surface area contributed by atoms with E-state index in [4.69, 9.17) is 10.2 Å². The van der Waals surface area contributed by atoms with E-state index in [0.717, 1.165) is 24.1 Å². The van der Waals surface area contributed by atoms with E-state index in [9.17, 15) is 9.18 Å². The molecule has 2 heterocycles. The molecule has 5 nitrogen and oxygen atoms in total. The SMILES string of the molecule is NC(CC(=O)N1CCC[C@H]1c1nc(-c2ccccc2)co1)CC1=C(F)C=CCC=C1. The Kier molecular flexibility index (Phi) is 6.23. The lowest BCUT2D eigenvalue weighted by atomic mass is 10.0. The van der Waals surface area contributed by atoms with Crippen LogP contribution in [0.3, 0.4) is 0 Å². The topological polar surface area (TPSA) is 72.4 Å². The van der Waals surface area contributed by atoms with Gasteiger partial charge in [0.05, 0.1) is 0 Å². The van der Waals surface area contributed by atoms with Crippen LogP contribution in [0.5, 0.6) is 0 Å². The summed E-state index contributed by atoms with van der Waals surface area (Å²) in [5.74, 6) is 0.233. The van der Waals surface area contributed by atoms with Crippen molar-refractivity contribution in [2.45, 2.75) is 44.2 Å².